The number of pyridine rings is 1. The SMILES string of the molecule is CN(C)Cc1c(C(=O)N2CCN(Cc3ccc4c(c3)OCO4)CC2)nc2ccccn12. The van der Waals surface area contributed by atoms with Gasteiger partial charge in [0.15, 0.2) is 17.2 Å². The van der Waals surface area contributed by atoms with Gasteiger partial charge >= 0.3 is 0 Å². The first kappa shape index (κ1) is 19.8. The molecule has 31 heavy (non-hydrogen) atoms. The van der Waals surface area contributed by atoms with E-state index in [9.17, 15) is 4.79 Å². The summed E-state index contributed by atoms with van der Waals surface area (Å²) in [4.78, 5) is 24.4. The third kappa shape index (κ3) is 3.96. The minimum absolute atomic E-state index is 0.0169. The zero-order valence-corrected chi connectivity index (χ0v) is 18.0. The van der Waals surface area contributed by atoms with Gasteiger partial charge in [-0.15, -0.1) is 0 Å². The minimum atomic E-state index is 0.0169. The number of fused-ring (bicyclic) bond motifs is 2. The summed E-state index contributed by atoms with van der Waals surface area (Å²) < 4.78 is 12.9. The molecular weight excluding hydrogens is 394 g/mol. The third-order valence-corrected chi connectivity index (χ3v) is 5.80. The molecular formula is C23H27N5O3. The summed E-state index contributed by atoms with van der Waals surface area (Å²) in [5.74, 6) is 1.63. The summed E-state index contributed by atoms with van der Waals surface area (Å²) in [5, 5.41) is 0. The Bertz CT molecular complexity index is 1100. The van der Waals surface area contributed by atoms with E-state index in [-0.39, 0.29) is 5.91 Å². The van der Waals surface area contributed by atoms with Crippen LogP contribution in [0.4, 0.5) is 0 Å². The Morgan fingerprint density at radius 1 is 1.06 bits per heavy atom. The first-order valence-electron chi connectivity index (χ1n) is 10.6. The predicted octanol–water partition coefficient (Wildman–Crippen LogP) is 2.08. The van der Waals surface area contributed by atoms with Crippen LogP contribution in [-0.4, -0.2) is 77.1 Å². The highest BCUT2D eigenvalue weighted by Crippen LogP contribution is 2.32. The highest BCUT2D eigenvalue weighted by atomic mass is 16.7. The molecule has 1 amide bonds. The molecule has 162 valence electrons. The van der Waals surface area contributed by atoms with Crippen molar-refractivity contribution in [2.75, 3.05) is 47.1 Å². The van der Waals surface area contributed by atoms with E-state index in [1.54, 1.807) is 0 Å². The maximum Gasteiger partial charge on any atom is 0.274 e. The van der Waals surface area contributed by atoms with Crippen molar-refractivity contribution >= 4 is 11.6 Å². The molecule has 2 aromatic heterocycles. The maximum atomic E-state index is 13.3. The van der Waals surface area contributed by atoms with Crippen molar-refractivity contribution in [1.29, 1.82) is 0 Å². The molecule has 0 unspecified atom stereocenters. The van der Waals surface area contributed by atoms with Crippen LogP contribution in [0.3, 0.4) is 0 Å². The number of aromatic nitrogens is 2. The van der Waals surface area contributed by atoms with Crippen LogP contribution in [0.5, 0.6) is 11.5 Å². The number of carbonyl (C=O) groups excluding carboxylic acids is 1. The van der Waals surface area contributed by atoms with Crippen molar-refractivity contribution in [1.82, 2.24) is 24.1 Å². The van der Waals surface area contributed by atoms with Gasteiger partial charge in [0.2, 0.25) is 6.79 Å². The Labute approximate surface area is 181 Å². The maximum absolute atomic E-state index is 13.3. The van der Waals surface area contributed by atoms with Crippen LogP contribution in [-0.2, 0) is 13.1 Å². The van der Waals surface area contributed by atoms with Gasteiger partial charge in [0.05, 0.1) is 5.69 Å². The molecule has 1 fully saturated rings. The van der Waals surface area contributed by atoms with Crippen molar-refractivity contribution in [2.24, 2.45) is 0 Å². The van der Waals surface area contributed by atoms with Gasteiger partial charge in [0.1, 0.15) is 5.65 Å². The molecule has 0 atom stereocenters. The lowest BCUT2D eigenvalue weighted by atomic mass is 10.1. The Morgan fingerprint density at radius 2 is 1.87 bits per heavy atom. The number of benzene rings is 1. The van der Waals surface area contributed by atoms with Gasteiger partial charge in [-0.05, 0) is 43.9 Å². The van der Waals surface area contributed by atoms with Gasteiger partial charge in [-0.3, -0.25) is 9.69 Å². The summed E-state index contributed by atoms with van der Waals surface area (Å²) in [5.41, 5.74) is 3.50. The van der Waals surface area contributed by atoms with E-state index < -0.39 is 0 Å². The van der Waals surface area contributed by atoms with Crippen molar-refractivity contribution < 1.29 is 14.3 Å². The average molecular weight is 422 g/mol. The fourth-order valence-corrected chi connectivity index (χ4v) is 4.22. The minimum Gasteiger partial charge on any atom is -0.454 e. The lowest BCUT2D eigenvalue weighted by Crippen LogP contribution is -2.48. The number of imidazole rings is 1. The normalized spacial score (nSPS) is 16.4. The molecule has 2 aliphatic heterocycles. The number of hydrogen-bond acceptors (Lipinski definition) is 6. The van der Waals surface area contributed by atoms with Gasteiger partial charge in [0.25, 0.3) is 5.91 Å². The molecule has 3 aromatic rings. The fraction of sp³-hybridized carbons (Fsp3) is 0.391. The molecule has 0 aliphatic carbocycles. The summed E-state index contributed by atoms with van der Waals surface area (Å²) >= 11 is 0. The number of piperazine rings is 1. The predicted molar refractivity (Wildman–Crippen MR) is 116 cm³/mol. The second kappa shape index (κ2) is 8.20. The summed E-state index contributed by atoms with van der Waals surface area (Å²) in [6.45, 7) is 4.83. The smallest absolute Gasteiger partial charge is 0.274 e. The first-order valence-corrected chi connectivity index (χ1v) is 10.6. The zero-order chi connectivity index (χ0) is 21.4. The van der Waals surface area contributed by atoms with Crippen LogP contribution < -0.4 is 9.47 Å². The fourth-order valence-electron chi connectivity index (χ4n) is 4.22. The van der Waals surface area contributed by atoms with Gasteiger partial charge in [-0.25, -0.2) is 4.98 Å². The summed E-state index contributed by atoms with van der Waals surface area (Å²) in [7, 11) is 4.01. The Hall–Kier alpha value is -3.10. The van der Waals surface area contributed by atoms with E-state index in [0.717, 1.165) is 42.5 Å². The van der Waals surface area contributed by atoms with Crippen LogP contribution in [0.2, 0.25) is 0 Å². The largest absolute Gasteiger partial charge is 0.454 e. The van der Waals surface area contributed by atoms with Crippen LogP contribution >= 0.6 is 0 Å². The number of ether oxygens (including phenoxy) is 2. The lowest BCUT2D eigenvalue weighted by molar-refractivity contribution is 0.0621. The standard InChI is InChI=1S/C23H27N5O3/c1-25(2)15-18-22(24-21-5-3-4-8-28(18)21)23(29)27-11-9-26(10-12-27)14-17-6-7-19-20(13-17)31-16-30-19/h3-8,13H,9-12,14-16H2,1-2H3. The van der Waals surface area contributed by atoms with E-state index in [4.69, 9.17) is 9.47 Å². The second-order valence-corrected chi connectivity index (χ2v) is 8.33. The zero-order valence-electron chi connectivity index (χ0n) is 18.0. The molecule has 2 aliphatic rings. The van der Waals surface area contributed by atoms with Gasteiger partial charge in [-0.2, -0.15) is 0 Å². The molecule has 0 spiro atoms. The Balaban J connectivity index is 1.27. The molecule has 8 heteroatoms. The molecule has 5 rings (SSSR count). The van der Waals surface area contributed by atoms with E-state index in [0.29, 0.717) is 32.1 Å². The average Bonchev–Trinajstić information content (AvgIpc) is 3.38. The molecule has 0 bridgehead atoms. The second-order valence-electron chi connectivity index (χ2n) is 8.33. The van der Waals surface area contributed by atoms with Gasteiger partial charge in [-0.1, -0.05) is 12.1 Å². The topological polar surface area (TPSA) is 62.6 Å². The molecule has 0 saturated carbocycles. The van der Waals surface area contributed by atoms with Crippen molar-refractivity contribution in [3.8, 4) is 11.5 Å². The van der Waals surface area contributed by atoms with Gasteiger partial charge < -0.3 is 23.7 Å². The van der Waals surface area contributed by atoms with Crippen molar-refractivity contribution in [3.05, 3.63) is 59.5 Å². The number of carbonyl (C=O) groups is 1. The molecule has 1 aromatic carbocycles. The highest BCUT2D eigenvalue weighted by molar-refractivity contribution is 5.94. The van der Waals surface area contributed by atoms with Crippen LogP contribution in [0.1, 0.15) is 21.7 Å². The Morgan fingerprint density at radius 3 is 2.68 bits per heavy atom. The summed E-state index contributed by atoms with van der Waals surface area (Å²) in [6.07, 6.45) is 1.97. The van der Waals surface area contributed by atoms with E-state index in [1.165, 1.54) is 5.56 Å². The quantitative estimate of drug-likeness (QED) is 0.629. The summed E-state index contributed by atoms with van der Waals surface area (Å²) in [6, 6.07) is 12.0. The first-order chi connectivity index (χ1) is 15.1. The monoisotopic (exact) mass is 421 g/mol. The number of nitrogens with zero attached hydrogens (tertiary/aromatic N) is 5. The van der Waals surface area contributed by atoms with Crippen LogP contribution in [0, 0.1) is 0 Å². The number of rotatable bonds is 5. The van der Waals surface area contributed by atoms with E-state index >= 15 is 0 Å². The molecule has 4 heterocycles. The molecule has 0 radical (unpaired) electrons. The van der Waals surface area contributed by atoms with E-state index in [1.807, 2.05) is 59.9 Å². The molecule has 0 N–H and O–H groups in total. The van der Waals surface area contributed by atoms with Crippen LogP contribution in [0.15, 0.2) is 42.6 Å². The van der Waals surface area contributed by atoms with Gasteiger partial charge in [0, 0.05) is 45.5 Å². The van der Waals surface area contributed by atoms with Crippen molar-refractivity contribution in [2.45, 2.75) is 13.1 Å². The lowest BCUT2D eigenvalue weighted by Gasteiger charge is -2.34. The number of amides is 1. The number of hydrogen-bond donors (Lipinski definition) is 0. The molecule has 8 nitrogen and oxygen atoms in total. The van der Waals surface area contributed by atoms with Crippen molar-refractivity contribution in [3.63, 3.8) is 0 Å². The Kier molecular flexibility index (Phi) is 5.25. The highest BCUT2D eigenvalue weighted by Gasteiger charge is 2.27. The molecule has 1 saturated heterocycles. The van der Waals surface area contributed by atoms with Crippen LogP contribution in [0.25, 0.3) is 5.65 Å². The third-order valence-electron chi connectivity index (χ3n) is 5.80. The van der Waals surface area contributed by atoms with E-state index in [2.05, 4.69) is 20.9 Å².